The topological polar surface area (TPSA) is 117 Å². The van der Waals surface area contributed by atoms with E-state index in [4.69, 9.17) is 15.7 Å². The van der Waals surface area contributed by atoms with Crippen molar-refractivity contribution in [1.29, 1.82) is 0 Å². The van der Waals surface area contributed by atoms with Gasteiger partial charge in [0.2, 0.25) is 5.95 Å². The molecular formula is C23H28AcN9S-. The SMILES string of the molecule is CC(C)n1cnc2c(NCc3nnc(-c4ccccc4)s3)nc(NC3CCC([NH-])CC3)nc21.[Ac]. The second-order valence-corrected chi connectivity index (χ2v) is 9.79. The maximum absolute atomic E-state index is 7.94. The number of aromatic nitrogens is 6. The van der Waals surface area contributed by atoms with Crippen LogP contribution in [0.15, 0.2) is 36.7 Å². The third-order valence-electron chi connectivity index (χ3n) is 5.93. The van der Waals surface area contributed by atoms with Crippen LogP contribution in [-0.4, -0.2) is 41.8 Å². The molecule has 9 nitrogen and oxygen atoms in total. The monoisotopic (exact) mass is 689 g/mol. The summed E-state index contributed by atoms with van der Waals surface area (Å²) in [5.74, 6) is 1.29. The Morgan fingerprint density at radius 1 is 1.09 bits per heavy atom. The van der Waals surface area contributed by atoms with E-state index in [1.807, 2.05) is 36.7 Å². The van der Waals surface area contributed by atoms with Gasteiger partial charge in [0.05, 0.1) is 12.9 Å². The average Bonchev–Trinajstić information content (AvgIpc) is 3.47. The predicted molar refractivity (Wildman–Crippen MR) is 132 cm³/mol. The normalized spacial score (nSPS) is 18.1. The van der Waals surface area contributed by atoms with Crippen molar-refractivity contribution < 1.29 is 44.1 Å². The van der Waals surface area contributed by atoms with Crippen LogP contribution in [0.5, 0.6) is 0 Å². The van der Waals surface area contributed by atoms with Gasteiger partial charge in [-0.1, -0.05) is 54.5 Å². The van der Waals surface area contributed by atoms with Gasteiger partial charge in [0, 0.05) is 61.7 Å². The number of benzene rings is 1. The third-order valence-corrected chi connectivity index (χ3v) is 6.91. The Morgan fingerprint density at radius 3 is 2.59 bits per heavy atom. The molecule has 3 aromatic heterocycles. The average molecular weight is 690 g/mol. The van der Waals surface area contributed by atoms with Crippen LogP contribution in [0.4, 0.5) is 11.8 Å². The molecule has 175 valence electrons. The van der Waals surface area contributed by atoms with Crippen LogP contribution in [0.3, 0.4) is 0 Å². The van der Waals surface area contributed by atoms with Gasteiger partial charge < -0.3 is 20.9 Å². The zero-order valence-corrected chi connectivity index (χ0v) is 25.0. The summed E-state index contributed by atoms with van der Waals surface area (Å²) in [6.07, 6.45) is 5.58. The van der Waals surface area contributed by atoms with Gasteiger partial charge in [0.25, 0.3) is 0 Å². The standard InChI is InChI=1S/C23H28N9S.Ac/c1-14(2)32-13-26-19-20(25-12-18-30-31-22(33-18)15-6-4-3-5-7-15)28-23(29-21(19)32)27-17-10-8-16(24)9-11-17;/h3-7,13-14,16-17,24H,8-12H2,1-2H3,(H2,25,27,28,29);/q-1;. The fraction of sp³-hybridized carbons (Fsp3) is 0.435. The Bertz CT molecular complexity index is 1220. The summed E-state index contributed by atoms with van der Waals surface area (Å²) in [5.41, 5.74) is 10.6. The molecule has 1 fully saturated rings. The summed E-state index contributed by atoms with van der Waals surface area (Å²) >= 11 is 1.57. The second-order valence-electron chi connectivity index (χ2n) is 8.73. The first kappa shape index (κ1) is 25.4. The molecule has 1 aliphatic carbocycles. The number of nitrogens with one attached hydrogen (secondary N) is 3. The van der Waals surface area contributed by atoms with E-state index in [1.54, 1.807) is 11.3 Å². The Kier molecular flexibility index (Phi) is 8.51. The fourth-order valence-electron chi connectivity index (χ4n) is 4.08. The van der Waals surface area contributed by atoms with E-state index in [0.717, 1.165) is 52.4 Å². The van der Waals surface area contributed by atoms with Crippen LogP contribution in [0.1, 0.15) is 50.6 Å². The molecule has 0 aliphatic heterocycles. The van der Waals surface area contributed by atoms with Crippen LogP contribution in [0, 0.1) is 44.1 Å². The molecule has 4 aromatic rings. The fourth-order valence-corrected chi connectivity index (χ4v) is 4.87. The largest absolute Gasteiger partial charge is 0.675 e. The number of nitrogens with zero attached hydrogens (tertiary/aromatic N) is 6. The van der Waals surface area contributed by atoms with Gasteiger partial charge in [-0.3, -0.25) is 0 Å². The third kappa shape index (κ3) is 5.76. The molecule has 1 saturated carbocycles. The molecule has 0 bridgehead atoms. The van der Waals surface area contributed by atoms with E-state index in [0.29, 0.717) is 24.4 Å². The van der Waals surface area contributed by atoms with Gasteiger partial charge in [-0.05, 0) is 26.7 Å². The van der Waals surface area contributed by atoms with Crippen molar-refractivity contribution in [3.8, 4) is 10.6 Å². The smallest absolute Gasteiger partial charge is 0.227 e. The number of rotatable bonds is 7. The van der Waals surface area contributed by atoms with Crippen LogP contribution in [-0.2, 0) is 6.54 Å². The van der Waals surface area contributed by atoms with Crippen molar-refractivity contribution in [3.05, 3.63) is 47.4 Å². The number of fused-ring (bicyclic) bond motifs is 1. The van der Waals surface area contributed by atoms with E-state index >= 15 is 0 Å². The number of imidazole rings is 1. The van der Waals surface area contributed by atoms with Crippen molar-refractivity contribution in [1.82, 2.24) is 29.7 Å². The van der Waals surface area contributed by atoms with Gasteiger partial charge >= 0.3 is 0 Å². The second kappa shape index (κ2) is 11.4. The maximum atomic E-state index is 7.94. The summed E-state index contributed by atoms with van der Waals surface area (Å²) in [7, 11) is 0. The molecule has 34 heavy (non-hydrogen) atoms. The minimum atomic E-state index is 0. The number of anilines is 2. The molecule has 0 atom stereocenters. The first-order valence-electron chi connectivity index (χ1n) is 11.4. The van der Waals surface area contributed by atoms with Crippen LogP contribution >= 0.6 is 11.3 Å². The van der Waals surface area contributed by atoms with Crippen molar-refractivity contribution in [2.75, 3.05) is 10.6 Å². The van der Waals surface area contributed by atoms with Crippen LogP contribution in [0.2, 0.25) is 0 Å². The molecule has 11 heteroatoms. The Hall–Kier alpha value is -1.67. The van der Waals surface area contributed by atoms with Crippen LogP contribution < -0.4 is 10.6 Å². The summed E-state index contributed by atoms with van der Waals surface area (Å²) in [4.78, 5) is 14.2. The first-order chi connectivity index (χ1) is 16.1. The molecular weight excluding hydrogens is 661 g/mol. The van der Waals surface area contributed by atoms with E-state index in [9.17, 15) is 0 Å². The van der Waals surface area contributed by atoms with Gasteiger partial charge in [0.15, 0.2) is 17.0 Å². The summed E-state index contributed by atoms with van der Waals surface area (Å²) in [5, 5.41) is 17.4. The minimum Gasteiger partial charge on any atom is -0.675 e. The van der Waals surface area contributed by atoms with Crippen molar-refractivity contribution in [3.63, 3.8) is 0 Å². The number of hydrogen-bond donors (Lipinski definition) is 2. The summed E-state index contributed by atoms with van der Waals surface area (Å²) in [6, 6.07) is 10.7. The Morgan fingerprint density at radius 2 is 1.85 bits per heavy atom. The van der Waals surface area contributed by atoms with Gasteiger partial charge in [-0.15, -0.1) is 16.2 Å². The maximum Gasteiger partial charge on any atom is 0.227 e. The first-order valence-corrected chi connectivity index (χ1v) is 12.2. The molecule has 0 saturated heterocycles. The molecule has 1 aromatic carbocycles. The van der Waals surface area contributed by atoms with E-state index < -0.39 is 0 Å². The molecule has 5 rings (SSSR count). The minimum absolute atomic E-state index is 0. The summed E-state index contributed by atoms with van der Waals surface area (Å²) < 4.78 is 2.06. The molecule has 3 heterocycles. The van der Waals surface area contributed by atoms with Crippen molar-refractivity contribution in [2.24, 2.45) is 0 Å². The predicted octanol–water partition coefficient (Wildman–Crippen LogP) is 5.31. The zero-order valence-electron chi connectivity index (χ0n) is 19.4. The van der Waals surface area contributed by atoms with Crippen molar-refractivity contribution in [2.45, 2.75) is 64.2 Å². The van der Waals surface area contributed by atoms with E-state index in [-0.39, 0.29) is 56.1 Å². The molecule has 0 amide bonds. The molecule has 0 unspecified atom stereocenters. The van der Waals surface area contributed by atoms with Gasteiger partial charge in [0.1, 0.15) is 10.0 Å². The quantitative estimate of drug-likeness (QED) is 0.270. The van der Waals surface area contributed by atoms with Crippen LogP contribution in [0.25, 0.3) is 27.5 Å². The Labute approximate surface area is 238 Å². The van der Waals surface area contributed by atoms with Gasteiger partial charge in [-0.25, -0.2) is 4.98 Å². The van der Waals surface area contributed by atoms with E-state index in [2.05, 4.69) is 44.2 Å². The molecule has 0 spiro atoms. The number of hydrogen-bond acceptors (Lipinski definition) is 8. The summed E-state index contributed by atoms with van der Waals surface area (Å²) in [6.45, 7) is 4.74. The zero-order chi connectivity index (χ0) is 22.8. The van der Waals surface area contributed by atoms with Gasteiger partial charge in [-0.2, -0.15) is 9.97 Å². The van der Waals surface area contributed by atoms with E-state index in [1.165, 1.54) is 0 Å². The Balaban J connectivity index is 0.00000274. The van der Waals surface area contributed by atoms with Crippen molar-refractivity contribution >= 4 is 34.3 Å². The molecule has 1 radical (unpaired) electrons. The molecule has 1 aliphatic rings. The molecule has 3 N–H and O–H groups in total.